The van der Waals surface area contributed by atoms with Crippen LogP contribution in [0.15, 0.2) is 18.5 Å². The van der Waals surface area contributed by atoms with Crippen LogP contribution in [0.1, 0.15) is 11.1 Å². The molecule has 1 aromatic heterocycles. The maximum atomic E-state index is 4.00. The molecule has 0 aliphatic heterocycles. The van der Waals surface area contributed by atoms with Crippen LogP contribution >= 0.6 is 0 Å². The van der Waals surface area contributed by atoms with Crippen LogP contribution in [0, 0.1) is 6.92 Å². The minimum Gasteiger partial charge on any atom is -0.316 e. The molecule has 1 N–H and O–H groups in total. The van der Waals surface area contributed by atoms with E-state index in [2.05, 4.69) is 17.2 Å². The average Bonchev–Trinajstić information content (AvgIpc) is 1.94. The third kappa shape index (κ3) is 1.54. The number of hydrogen-bond acceptors (Lipinski definition) is 2. The van der Waals surface area contributed by atoms with E-state index in [9.17, 15) is 0 Å². The number of hydrogen-bond donors (Lipinski definition) is 1. The summed E-state index contributed by atoms with van der Waals surface area (Å²) in [6.45, 7) is 2.99. The minimum absolute atomic E-state index is 0.925. The van der Waals surface area contributed by atoms with Gasteiger partial charge in [0.05, 0.1) is 0 Å². The van der Waals surface area contributed by atoms with Crippen LogP contribution in [0.4, 0.5) is 0 Å². The summed E-state index contributed by atoms with van der Waals surface area (Å²) in [7, 11) is 1.94. The first-order valence-electron chi connectivity index (χ1n) is 3.38. The Bertz CT molecular complexity index is 208. The van der Waals surface area contributed by atoms with Gasteiger partial charge in [-0.3, -0.25) is 4.98 Å². The first kappa shape index (κ1) is 7.22. The van der Waals surface area contributed by atoms with Crippen LogP contribution in [-0.4, -0.2) is 12.0 Å². The monoisotopic (exact) mass is 136 g/mol. The molecule has 0 aliphatic carbocycles. The fourth-order valence-electron chi connectivity index (χ4n) is 0.891. The second kappa shape index (κ2) is 3.32. The molecule has 0 saturated heterocycles. The molecule has 0 aromatic carbocycles. The summed E-state index contributed by atoms with van der Waals surface area (Å²) in [4.78, 5) is 4.00. The van der Waals surface area contributed by atoms with Gasteiger partial charge in [-0.05, 0) is 31.2 Å². The van der Waals surface area contributed by atoms with Gasteiger partial charge in [-0.15, -0.1) is 0 Å². The van der Waals surface area contributed by atoms with Gasteiger partial charge in [-0.2, -0.15) is 0 Å². The lowest BCUT2D eigenvalue weighted by molar-refractivity contribution is 0.809. The van der Waals surface area contributed by atoms with E-state index >= 15 is 0 Å². The van der Waals surface area contributed by atoms with Crippen LogP contribution < -0.4 is 5.32 Å². The normalized spacial score (nSPS) is 9.80. The second-order valence-corrected chi connectivity index (χ2v) is 2.33. The zero-order valence-electron chi connectivity index (χ0n) is 6.39. The van der Waals surface area contributed by atoms with Crippen molar-refractivity contribution in [3.05, 3.63) is 29.6 Å². The van der Waals surface area contributed by atoms with Gasteiger partial charge in [0.1, 0.15) is 0 Å². The summed E-state index contributed by atoms with van der Waals surface area (Å²) in [5.41, 5.74) is 2.56. The maximum absolute atomic E-state index is 4.00. The van der Waals surface area contributed by atoms with Crippen molar-refractivity contribution >= 4 is 0 Å². The third-order valence-corrected chi connectivity index (χ3v) is 1.50. The number of aromatic nitrogens is 1. The molecular weight excluding hydrogens is 124 g/mol. The van der Waals surface area contributed by atoms with E-state index in [0.29, 0.717) is 0 Å². The quantitative estimate of drug-likeness (QED) is 0.658. The number of aryl methyl sites for hydroxylation is 1. The average molecular weight is 136 g/mol. The molecule has 0 aliphatic rings. The largest absolute Gasteiger partial charge is 0.316 e. The summed E-state index contributed by atoms with van der Waals surface area (Å²) in [5.74, 6) is 0. The van der Waals surface area contributed by atoms with Crippen LogP contribution in [-0.2, 0) is 6.54 Å². The molecule has 0 unspecified atom stereocenters. The standard InChI is InChI=1S/C8H12N2/c1-7-5-10-4-3-8(7)6-9-2/h3-5,9H,6H2,1-2H3. The Hall–Kier alpha value is -0.890. The fraction of sp³-hybridized carbons (Fsp3) is 0.375. The molecule has 0 spiro atoms. The molecule has 0 fully saturated rings. The van der Waals surface area contributed by atoms with Gasteiger partial charge in [0.2, 0.25) is 0 Å². The Labute approximate surface area is 61.3 Å². The lowest BCUT2D eigenvalue weighted by Crippen LogP contribution is -2.06. The first-order chi connectivity index (χ1) is 4.84. The van der Waals surface area contributed by atoms with E-state index in [4.69, 9.17) is 0 Å². The van der Waals surface area contributed by atoms with Crippen molar-refractivity contribution in [2.24, 2.45) is 0 Å². The predicted octanol–water partition coefficient (Wildman–Crippen LogP) is 1.11. The lowest BCUT2D eigenvalue weighted by Gasteiger charge is -2.01. The van der Waals surface area contributed by atoms with Crippen molar-refractivity contribution < 1.29 is 0 Å². The second-order valence-electron chi connectivity index (χ2n) is 2.33. The molecule has 2 heteroatoms. The summed E-state index contributed by atoms with van der Waals surface area (Å²) in [5, 5.41) is 3.10. The molecule has 1 aromatic rings. The molecule has 2 nitrogen and oxygen atoms in total. The third-order valence-electron chi connectivity index (χ3n) is 1.50. The number of nitrogens with one attached hydrogen (secondary N) is 1. The molecule has 10 heavy (non-hydrogen) atoms. The SMILES string of the molecule is CNCc1ccncc1C. The van der Waals surface area contributed by atoms with E-state index < -0.39 is 0 Å². The van der Waals surface area contributed by atoms with Crippen molar-refractivity contribution in [2.45, 2.75) is 13.5 Å². The van der Waals surface area contributed by atoms with Gasteiger partial charge in [-0.25, -0.2) is 0 Å². The van der Waals surface area contributed by atoms with Gasteiger partial charge in [0, 0.05) is 18.9 Å². The lowest BCUT2D eigenvalue weighted by atomic mass is 10.2. The van der Waals surface area contributed by atoms with Gasteiger partial charge < -0.3 is 5.32 Å². The summed E-state index contributed by atoms with van der Waals surface area (Å²) in [6.07, 6.45) is 3.70. The highest BCUT2D eigenvalue weighted by Gasteiger charge is 1.92. The molecule has 0 amide bonds. The molecule has 0 atom stereocenters. The molecule has 0 bridgehead atoms. The van der Waals surface area contributed by atoms with Crippen LogP contribution in [0.5, 0.6) is 0 Å². The summed E-state index contributed by atoms with van der Waals surface area (Å²) in [6, 6.07) is 2.03. The molecule has 0 saturated carbocycles. The predicted molar refractivity (Wildman–Crippen MR) is 41.7 cm³/mol. The molecule has 54 valence electrons. The van der Waals surface area contributed by atoms with Gasteiger partial charge in [-0.1, -0.05) is 0 Å². The smallest absolute Gasteiger partial charge is 0.0300 e. The first-order valence-corrected chi connectivity index (χ1v) is 3.38. The molecule has 1 heterocycles. The Balaban J connectivity index is 2.81. The Morgan fingerprint density at radius 1 is 1.60 bits per heavy atom. The van der Waals surface area contributed by atoms with Crippen LogP contribution in [0.3, 0.4) is 0 Å². The topological polar surface area (TPSA) is 24.9 Å². The highest BCUT2D eigenvalue weighted by atomic mass is 14.8. The zero-order chi connectivity index (χ0) is 7.40. The van der Waals surface area contributed by atoms with Crippen molar-refractivity contribution in [1.82, 2.24) is 10.3 Å². The number of pyridine rings is 1. The van der Waals surface area contributed by atoms with Gasteiger partial charge >= 0.3 is 0 Å². The highest BCUT2D eigenvalue weighted by molar-refractivity contribution is 5.20. The molecule has 0 radical (unpaired) electrons. The highest BCUT2D eigenvalue weighted by Crippen LogP contribution is 2.02. The van der Waals surface area contributed by atoms with E-state index in [1.807, 2.05) is 25.5 Å². The fourth-order valence-corrected chi connectivity index (χ4v) is 0.891. The van der Waals surface area contributed by atoms with Crippen LogP contribution in [0.2, 0.25) is 0 Å². The van der Waals surface area contributed by atoms with Crippen molar-refractivity contribution in [1.29, 1.82) is 0 Å². The van der Waals surface area contributed by atoms with Crippen molar-refractivity contribution in [3.8, 4) is 0 Å². The number of nitrogens with zero attached hydrogens (tertiary/aromatic N) is 1. The van der Waals surface area contributed by atoms with Crippen molar-refractivity contribution in [2.75, 3.05) is 7.05 Å². The zero-order valence-corrected chi connectivity index (χ0v) is 6.39. The van der Waals surface area contributed by atoms with E-state index in [1.165, 1.54) is 11.1 Å². The Morgan fingerprint density at radius 2 is 2.40 bits per heavy atom. The number of rotatable bonds is 2. The Kier molecular flexibility index (Phi) is 2.40. The van der Waals surface area contributed by atoms with Crippen LogP contribution in [0.25, 0.3) is 0 Å². The molecular formula is C8H12N2. The molecule has 1 rings (SSSR count). The van der Waals surface area contributed by atoms with E-state index in [1.54, 1.807) is 0 Å². The summed E-state index contributed by atoms with van der Waals surface area (Å²) < 4.78 is 0. The van der Waals surface area contributed by atoms with E-state index in [0.717, 1.165) is 6.54 Å². The van der Waals surface area contributed by atoms with Gasteiger partial charge in [0.25, 0.3) is 0 Å². The van der Waals surface area contributed by atoms with Crippen molar-refractivity contribution in [3.63, 3.8) is 0 Å². The minimum atomic E-state index is 0.925. The Morgan fingerprint density at radius 3 is 3.00 bits per heavy atom. The summed E-state index contributed by atoms with van der Waals surface area (Å²) >= 11 is 0. The van der Waals surface area contributed by atoms with Gasteiger partial charge in [0.15, 0.2) is 0 Å². The maximum Gasteiger partial charge on any atom is 0.0300 e. The van der Waals surface area contributed by atoms with E-state index in [-0.39, 0.29) is 0 Å².